The predicted octanol–water partition coefficient (Wildman–Crippen LogP) is 2.08. The molecule has 6 heteroatoms. The summed E-state index contributed by atoms with van der Waals surface area (Å²) in [5, 5.41) is 15.5. The summed E-state index contributed by atoms with van der Waals surface area (Å²) in [5.41, 5.74) is 2.50. The maximum atomic E-state index is 12.1. The van der Waals surface area contributed by atoms with Gasteiger partial charge in [0.15, 0.2) is 0 Å². The van der Waals surface area contributed by atoms with Crippen LogP contribution in [0.15, 0.2) is 36.4 Å². The van der Waals surface area contributed by atoms with Crippen molar-refractivity contribution in [2.45, 2.75) is 6.92 Å². The fourth-order valence-electron chi connectivity index (χ4n) is 1.91. The molecule has 21 heavy (non-hydrogen) atoms. The lowest BCUT2D eigenvalue weighted by Crippen LogP contribution is -2.16. The topological polar surface area (TPSA) is 84.2 Å². The van der Waals surface area contributed by atoms with Crippen molar-refractivity contribution in [3.8, 4) is 0 Å². The first-order valence-electron chi connectivity index (χ1n) is 6.29. The Labute approximate surface area is 121 Å². The van der Waals surface area contributed by atoms with Crippen LogP contribution in [0, 0.1) is 6.92 Å². The van der Waals surface area contributed by atoms with Crippen molar-refractivity contribution < 1.29 is 14.7 Å². The molecule has 0 spiro atoms. The smallest absolute Gasteiger partial charge is 0.328 e. The van der Waals surface area contributed by atoms with Crippen molar-refractivity contribution in [3.63, 3.8) is 0 Å². The molecular weight excluding hydrogens is 270 g/mol. The Bertz CT molecular complexity index is 717. The number of hydrogen-bond donors (Lipinski definition) is 2. The summed E-state index contributed by atoms with van der Waals surface area (Å²) in [6, 6.07) is 8.62. The lowest BCUT2D eigenvalue weighted by molar-refractivity contribution is -0.131. The molecule has 1 aromatic heterocycles. The van der Waals surface area contributed by atoms with Gasteiger partial charge in [-0.1, -0.05) is 12.1 Å². The minimum absolute atomic E-state index is 0.266. The standard InChI is InChI=1S/C15H15N3O3/c1-10-8-13(18(2)17-10)15(21)16-12-5-3-4-11(9-12)6-7-14(19)20/h3-9H,1-2H3,(H,16,21)(H,19,20). The number of aryl methyl sites for hydroxylation is 2. The van der Waals surface area contributed by atoms with Gasteiger partial charge in [-0.2, -0.15) is 5.10 Å². The summed E-state index contributed by atoms with van der Waals surface area (Å²) in [7, 11) is 1.70. The van der Waals surface area contributed by atoms with E-state index in [0.717, 1.165) is 11.8 Å². The van der Waals surface area contributed by atoms with E-state index in [-0.39, 0.29) is 5.91 Å². The highest BCUT2D eigenvalue weighted by Gasteiger charge is 2.11. The number of carbonyl (C=O) groups excluding carboxylic acids is 1. The molecule has 0 saturated heterocycles. The molecule has 0 atom stereocenters. The predicted molar refractivity (Wildman–Crippen MR) is 79.0 cm³/mol. The van der Waals surface area contributed by atoms with Crippen LogP contribution >= 0.6 is 0 Å². The first kappa shape index (κ1) is 14.5. The Balaban J connectivity index is 2.16. The third-order valence-electron chi connectivity index (χ3n) is 2.80. The van der Waals surface area contributed by atoms with Crippen molar-refractivity contribution in [1.82, 2.24) is 9.78 Å². The molecule has 1 aromatic carbocycles. The molecule has 0 fully saturated rings. The van der Waals surface area contributed by atoms with E-state index >= 15 is 0 Å². The van der Waals surface area contributed by atoms with Crippen molar-refractivity contribution in [3.05, 3.63) is 53.4 Å². The van der Waals surface area contributed by atoms with Crippen LogP contribution in [0.2, 0.25) is 0 Å². The van der Waals surface area contributed by atoms with E-state index < -0.39 is 5.97 Å². The van der Waals surface area contributed by atoms with Crippen molar-refractivity contribution in [2.24, 2.45) is 7.05 Å². The van der Waals surface area contributed by atoms with Gasteiger partial charge in [0, 0.05) is 18.8 Å². The number of carbonyl (C=O) groups is 2. The van der Waals surface area contributed by atoms with Gasteiger partial charge in [0.1, 0.15) is 5.69 Å². The molecule has 2 N–H and O–H groups in total. The minimum atomic E-state index is -1.02. The Morgan fingerprint density at radius 2 is 2.10 bits per heavy atom. The Morgan fingerprint density at radius 1 is 1.33 bits per heavy atom. The SMILES string of the molecule is Cc1cc(C(=O)Nc2cccc(C=CC(=O)O)c2)n(C)n1. The quantitative estimate of drug-likeness (QED) is 0.842. The summed E-state index contributed by atoms with van der Waals surface area (Å²) in [4.78, 5) is 22.6. The van der Waals surface area contributed by atoms with E-state index in [1.54, 1.807) is 37.4 Å². The molecule has 2 aromatic rings. The van der Waals surface area contributed by atoms with Crippen LogP contribution in [0.1, 0.15) is 21.7 Å². The Morgan fingerprint density at radius 3 is 2.71 bits per heavy atom. The number of anilines is 1. The van der Waals surface area contributed by atoms with E-state index in [1.165, 1.54) is 10.8 Å². The monoisotopic (exact) mass is 285 g/mol. The number of rotatable bonds is 4. The van der Waals surface area contributed by atoms with Gasteiger partial charge in [-0.15, -0.1) is 0 Å². The average Bonchev–Trinajstić information content (AvgIpc) is 2.76. The number of carboxylic acids is 1. The van der Waals surface area contributed by atoms with Gasteiger partial charge >= 0.3 is 5.97 Å². The third-order valence-corrected chi connectivity index (χ3v) is 2.80. The second kappa shape index (κ2) is 6.04. The zero-order valence-electron chi connectivity index (χ0n) is 11.7. The number of nitrogens with one attached hydrogen (secondary N) is 1. The van der Waals surface area contributed by atoms with Gasteiger partial charge in [-0.25, -0.2) is 4.79 Å². The number of hydrogen-bond acceptors (Lipinski definition) is 3. The molecule has 1 amide bonds. The van der Waals surface area contributed by atoms with Gasteiger partial charge < -0.3 is 10.4 Å². The van der Waals surface area contributed by atoms with E-state index in [2.05, 4.69) is 10.4 Å². The molecule has 108 valence electrons. The van der Waals surface area contributed by atoms with E-state index in [1.807, 2.05) is 6.92 Å². The van der Waals surface area contributed by atoms with Crippen molar-refractivity contribution in [1.29, 1.82) is 0 Å². The molecule has 1 heterocycles. The second-order valence-electron chi connectivity index (χ2n) is 4.55. The van der Waals surface area contributed by atoms with Gasteiger partial charge in [0.2, 0.25) is 0 Å². The fourth-order valence-corrected chi connectivity index (χ4v) is 1.91. The van der Waals surface area contributed by atoms with E-state index in [4.69, 9.17) is 5.11 Å². The van der Waals surface area contributed by atoms with Crippen LogP contribution in [0.4, 0.5) is 5.69 Å². The number of nitrogens with zero attached hydrogens (tertiary/aromatic N) is 2. The molecule has 0 bridgehead atoms. The molecule has 0 aliphatic rings. The molecule has 0 radical (unpaired) electrons. The van der Waals surface area contributed by atoms with Crippen LogP contribution < -0.4 is 5.32 Å². The molecule has 0 saturated carbocycles. The Hall–Kier alpha value is -2.89. The minimum Gasteiger partial charge on any atom is -0.478 e. The average molecular weight is 285 g/mol. The number of carboxylic acid groups (broad SMARTS) is 1. The van der Waals surface area contributed by atoms with Gasteiger partial charge in [-0.05, 0) is 36.8 Å². The highest BCUT2D eigenvalue weighted by Crippen LogP contribution is 2.14. The van der Waals surface area contributed by atoms with E-state index in [9.17, 15) is 9.59 Å². The Kier molecular flexibility index (Phi) is 4.18. The van der Waals surface area contributed by atoms with Crippen molar-refractivity contribution in [2.75, 3.05) is 5.32 Å². The largest absolute Gasteiger partial charge is 0.478 e. The fraction of sp³-hybridized carbons (Fsp3) is 0.133. The lowest BCUT2D eigenvalue weighted by Gasteiger charge is -2.06. The zero-order chi connectivity index (χ0) is 15.4. The number of aliphatic carboxylic acids is 1. The maximum Gasteiger partial charge on any atom is 0.328 e. The van der Waals surface area contributed by atoms with Crippen LogP contribution in [-0.4, -0.2) is 26.8 Å². The number of benzene rings is 1. The molecular formula is C15H15N3O3. The van der Waals surface area contributed by atoms with E-state index in [0.29, 0.717) is 16.9 Å². The van der Waals surface area contributed by atoms with Crippen LogP contribution in [0.3, 0.4) is 0 Å². The molecule has 2 rings (SSSR count). The summed E-state index contributed by atoms with van der Waals surface area (Å²) in [6.45, 7) is 1.81. The molecule has 0 aliphatic carbocycles. The van der Waals surface area contributed by atoms with Gasteiger partial charge in [0.25, 0.3) is 5.91 Å². The summed E-state index contributed by atoms with van der Waals surface area (Å²) in [5.74, 6) is -1.28. The van der Waals surface area contributed by atoms with Gasteiger partial charge in [0.05, 0.1) is 5.69 Å². The normalized spacial score (nSPS) is 10.8. The zero-order valence-corrected chi connectivity index (χ0v) is 11.7. The first-order chi connectivity index (χ1) is 9.95. The second-order valence-corrected chi connectivity index (χ2v) is 4.55. The highest BCUT2D eigenvalue weighted by atomic mass is 16.4. The summed E-state index contributed by atoms with van der Waals surface area (Å²) < 4.78 is 1.51. The lowest BCUT2D eigenvalue weighted by atomic mass is 10.2. The van der Waals surface area contributed by atoms with Crippen LogP contribution in [-0.2, 0) is 11.8 Å². The summed E-state index contributed by atoms with van der Waals surface area (Å²) in [6.07, 6.45) is 2.51. The number of aromatic nitrogens is 2. The van der Waals surface area contributed by atoms with Crippen LogP contribution in [0.25, 0.3) is 6.08 Å². The third kappa shape index (κ3) is 3.79. The summed E-state index contributed by atoms with van der Waals surface area (Å²) >= 11 is 0. The molecule has 6 nitrogen and oxygen atoms in total. The maximum absolute atomic E-state index is 12.1. The highest BCUT2D eigenvalue weighted by molar-refractivity contribution is 6.03. The molecule has 0 unspecified atom stereocenters. The molecule has 0 aliphatic heterocycles. The number of amides is 1. The van der Waals surface area contributed by atoms with Gasteiger partial charge in [-0.3, -0.25) is 9.48 Å². The van der Waals surface area contributed by atoms with Crippen LogP contribution in [0.5, 0.6) is 0 Å². The van der Waals surface area contributed by atoms with Crippen molar-refractivity contribution >= 4 is 23.6 Å². The first-order valence-corrected chi connectivity index (χ1v) is 6.29.